The fraction of sp³-hybridized carbons (Fsp3) is 0.120. The molecular formula is C25H19ClN2O6S. The molecule has 4 rings (SSSR count). The molecule has 0 saturated carbocycles. The number of aryl methyl sites for hydroxylation is 2. The molecule has 0 unspecified atom stereocenters. The van der Waals surface area contributed by atoms with Crippen LogP contribution in [-0.4, -0.2) is 39.6 Å². The molecule has 1 fully saturated rings. The van der Waals surface area contributed by atoms with Gasteiger partial charge in [0, 0.05) is 17.3 Å². The summed E-state index contributed by atoms with van der Waals surface area (Å²) in [5, 5.41) is 11.5. The minimum absolute atomic E-state index is 0.0673. The number of anilines is 1. The van der Waals surface area contributed by atoms with E-state index in [0.717, 1.165) is 16.0 Å². The molecule has 1 aromatic heterocycles. The molecule has 2 N–H and O–H groups in total. The molecule has 1 aliphatic rings. The SMILES string of the molecule is Cc1ccc(NC(=O)CN2C(=O)S/C(=C/c3ccc(-c4ccc(Cl)c(C(=O)O)c4)o3)C2=O)c(C)c1. The van der Waals surface area contributed by atoms with Crippen molar-refractivity contribution in [2.45, 2.75) is 13.8 Å². The second-order valence-electron chi connectivity index (χ2n) is 7.84. The molecule has 1 saturated heterocycles. The summed E-state index contributed by atoms with van der Waals surface area (Å²) in [6.45, 7) is 3.38. The minimum Gasteiger partial charge on any atom is -0.478 e. The van der Waals surface area contributed by atoms with Crippen LogP contribution in [0.1, 0.15) is 27.2 Å². The summed E-state index contributed by atoms with van der Waals surface area (Å²) in [5.41, 5.74) is 2.96. The number of aromatic carboxylic acids is 1. The molecule has 8 nitrogen and oxygen atoms in total. The summed E-state index contributed by atoms with van der Waals surface area (Å²) in [4.78, 5) is 49.9. The van der Waals surface area contributed by atoms with Gasteiger partial charge >= 0.3 is 5.97 Å². The van der Waals surface area contributed by atoms with Gasteiger partial charge in [-0.15, -0.1) is 0 Å². The third kappa shape index (κ3) is 5.31. The highest BCUT2D eigenvalue weighted by Gasteiger charge is 2.36. The number of hydrogen-bond donors (Lipinski definition) is 2. The lowest BCUT2D eigenvalue weighted by Gasteiger charge is -2.13. The fourth-order valence-corrected chi connectivity index (χ4v) is 4.50. The van der Waals surface area contributed by atoms with Gasteiger partial charge in [-0.1, -0.05) is 29.3 Å². The Morgan fingerprint density at radius 2 is 1.89 bits per heavy atom. The fourth-order valence-electron chi connectivity index (χ4n) is 3.48. The summed E-state index contributed by atoms with van der Waals surface area (Å²) < 4.78 is 5.72. The number of carbonyl (C=O) groups is 4. The van der Waals surface area contributed by atoms with E-state index >= 15 is 0 Å². The summed E-state index contributed by atoms with van der Waals surface area (Å²) in [7, 11) is 0. The van der Waals surface area contributed by atoms with Gasteiger partial charge in [-0.25, -0.2) is 4.79 Å². The maximum Gasteiger partial charge on any atom is 0.337 e. The number of hydrogen-bond acceptors (Lipinski definition) is 6. The van der Waals surface area contributed by atoms with Crippen molar-refractivity contribution in [3.8, 4) is 11.3 Å². The molecule has 178 valence electrons. The Morgan fingerprint density at radius 1 is 1.11 bits per heavy atom. The van der Waals surface area contributed by atoms with E-state index < -0.39 is 29.6 Å². The molecule has 3 amide bonds. The van der Waals surface area contributed by atoms with Crippen molar-refractivity contribution in [3.63, 3.8) is 0 Å². The second-order valence-corrected chi connectivity index (χ2v) is 9.24. The summed E-state index contributed by atoms with van der Waals surface area (Å²) in [5.74, 6) is -1.61. The number of furan rings is 1. The van der Waals surface area contributed by atoms with Crippen molar-refractivity contribution in [3.05, 3.63) is 80.9 Å². The van der Waals surface area contributed by atoms with Crippen LogP contribution in [-0.2, 0) is 9.59 Å². The maximum absolute atomic E-state index is 12.8. The third-order valence-corrected chi connectivity index (χ3v) is 6.45. The van der Waals surface area contributed by atoms with Crippen LogP contribution in [0.3, 0.4) is 0 Å². The number of carboxylic acid groups (broad SMARTS) is 1. The van der Waals surface area contributed by atoms with Gasteiger partial charge in [0.2, 0.25) is 5.91 Å². The quantitative estimate of drug-likeness (QED) is 0.415. The lowest BCUT2D eigenvalue weighted by molar-refractivity contribution is -0.127. The first-order valence-corrected chi connectivity index (χ1v) is 11.6. The molecule has 0 spiro atoms. The normalized spacial score (nSPS) is 14.6. The van der Waals surface area contributed by atoms with Crippen molar-refractivity contribution < 1.29 is 28.7 Å². The molecule has 3 aromatic rings. The smallest absolute Gasteiger partial charge is 0.337 e. The number of imide groups is 1. The number of benzene rings is 2. The number of amides is 3. The summed E-state index contributed by atoms with van der Waals surface area (Å²) in [6.07, 6.45) is 1.41. The Balaban J connectivity index is 1.47. The highest BCUT2D eigenvalue weighted by molar-refractivity contribution is 8.18. The predicted molar refractivity (Wildman–Crippen MR) is 133 cm³/mol. The standard InChI is InChI=1S/C25H19ClN2O6S/c1-13-3-7-19(14(2)9-13)27-22(29)12-28-23(30)21(35-25(28)33)11-16-5-8-20(34-16)15-4-6-18(26)17(10-15)24(31)32/h3-11H,12H2,1-2H3,(H,27,29)(H,31,32)/b21-11+. The van der Waals surface area contributed by atoms with Crippen LogP contribution in [0.15, 0.2) is 57.9 Å². The number of nitrogens with zero attached hydrogens (tertiary/aromatic N) is 1. The third-order valence-electron chi connectivity index (χ3n) is 5.21. The highest BCUT2D eigenvalue weighted by Crippen LogP contribution is 2.34. The van der Waals surface area contributed by atoms with Crippen LogP contribution in [0.4, 0.5) is 10.5 Å². The predicted octanol–water partition coefficient (Wildman–Crippen LogP) is 5.59. The highest BCUT2D eigenvalue weighted by atomic mass is 35.5. The Morgan fingerprint density at radius 3 is 2.60 bits per heavy atom. The van der Waals surface area contributed by atoms with E-state index in [1.54, 1.807) is 24.3 Å². The van der Waals surface area contributed by atoms with Gasteiger partial charge < -0.3 is 14.8 Å². The van der Waals surface area contributed by atoms with Crippen LogP contribution in [0, 0.1) is 13.8 Å². The second kappa shape index (κ2) is 9.81. The molecule has 0 bridgehead atoms. The van der Waals surface area contributed by atoms with E-state index in [0.29, 0.717) is 28.8 Å². The lowest BCUT2D eigenvalue weighted by atomic mass is 10.1. The van der Waals surface area contributed by atoms with Crippen LogP contribution in [0.5, 0.6) is 0 Å². The largest absolute Gasteiger partial charge is 0.478 e. The first kappa shape index (κ1) is 24.3. The van der Waals surface area contributed by atoms with Gasteiger partial charge in [-0.3, -0.25) is 19.3 Å². The maximum atomic E-state index is 12.8. The molecule has 35 heavy (non-hydrogen) atoms. The van der Waals surface area contributed by atoms with Crippen molar-refractivity contribution in [2.75, 3.05) is 11.9 Å². The van der Waals surface area contributed by atoms with E-state index in [-0.39, 0.29) is 21.3 Å². The summed E-state index contributed by atoms with van der Waals surface area (Å²) >= 11 is 6.62. The van der Waals surface area contributed by atoms with Gasteiger partial charge in [0.1, 0.15) is 18.1 Å². The first-order valence-electron chi connectivity index (χ1n) is 10.4. The molecule has 10 heteroatoms. The molecule has 0 radical (unpaired) electrons. The number of halogens is 1. The number of carbonyl (C=O) groups excluding carboxylic acids is 3. The van der Waals surface area contributed by atoms with E-state index in [2.05, 4.69) is 5.32 Å². The van der Waals surface area contributed by atoms with Gasteiger partial charge in [0.05, 0.1) is 15.5 Å². The molecule has 2 aromatic carbocycles. The van der Waals surface area contributed by atoms with Gasteiger partial charge in [-0.05, 0) is 67.6 Å². The van der Waals surface area contributed by atoms with Gasteiger partial charge in [-0.2, -0.15) is 0 Å². The van der Waals surface area contributed by atoms with Crippen LogP contribution < -0.4 is 5.32 Å². The number of nitrogens with one attached hydrogen (secondary N) is 1. The average Bonchev–Trinajstić information content (AvgIpc) is 3.36. The molecule has 1 aliphatic heterocycles. The Labute approximate surface area is 209 Å². The van der Waals surface area contributed by atoms with E-state index in [9.17, 15) is 24.3 Å². The van der Waals surface area contributed by atoms with E-state index in [1.807, 2.05) is 26.0 Å². The Hall–Kier alpha value is -3.82. The molecular weight excluding hydrogens is 492 g/mol. The summed E-state index contributed by atoms with van der Waals surface area (Å²) in [6, 6.07) is 13.2. The number of rotatable bonds is 6. The Bertz CT molecular complexity index is 1410. The monoisotopic (exact) mass is 510 g/mol. The van der Waals surface area contributed by atoms with E-state index in [4.69, 9.17) is 16.0 Å². The van der Waals surface area contributed by atoms with Crippen molar-refractivity contribution in [1.82, 2.24) is 4.90 Å². The van der Waals surface area contributed by atoms with Crippen molar-refractivity contribution in [2.24, 2.45) is 0 Å². The average molecular weight is 511 g/mol. The van der Waals surface area contributed by atoms with Gasteiger partial charge in [0.15, 0.2) is 0 Å². The zero-order valence-corrected chi connectivity index (χ0v) is 20.2. The number of carboxylic acids is 1. The molecule has 2 heterocycles. The van der Waals surface area contributed by atoms with Crippen LogP contribution in [0.25, 0.3) is 17.4 Å². The minimum atomic E-state index is -1.17. The zero-order chi connectivity index (χ0) is 25.3. The first-order chi connectivity index (χ1) is 16.6. The van der Waals surface area contributed by atoms with Crippen LogP contribution in [0.2, 0.25) is 5.02 Å². The topological polar surface area (TPSA) is 117 Å². The molecule has 0 atom stereocenters. The van der Waals surface area contributed by atoms with Gasteiger partial charge in [0.25, 0.3) is 11.1 Å². The van der Waals surface area contributed by atoms with Crippen LogP contribution >= 0.6 is 23.4 Å². The molecule has 0 aliphatic carbocycles. The Kier molecular flexibility index (Phi) is 6.81. The number of thioether (sulfide) groups is 1. The van der Waals surface area contributed by atoms with E-state index in [1.165, 1.54) is 18.2 Å². The zero-order valence-electron chi connectivity index (χ0n) is 18.6. The van der Waals surface area contributed by atoms with Crippen molar-refractivity contribution in [1.29, 1.82) is 0 Å². The van der Waals surface area contributed by atoms with Crippen molar-refractivity contribution >= 4 is 58.1 Å². The lowest BCUT2D eigenvalue weighted by Crippen LogP contribution is -2.36.